The minimum Gasteiger partial charge on any atom is -0.482 e. The van der Waals surface area contributed by atoms with Gasteiger partial charge in [0.2, 0.25) is 5.91 Å². The molecule has 2 N–H and O–H groups in total. The van der Waals surface area contributed by atoms with E-state index in [1.165, 1.54) is 12.1 Å². The van der Waals surface area contributed by atoms with Crippen LogP contribution in [0, 0.1) is 5.92 Å². The lowest BCUT2D eigenvalue weighted by Gasteiger charge is -2.09. The van der Waals surface area contributed by atoms with Gasteiger partial charge >= 0.3 is 0 Å². The van der Waals surface area contributed by atoms with Crippen molar-refractivity contribution >= 4 is 58.0 Å². The van der Waals surface area contributed by atoms with Gasteiger partial charge in [-0.25, -0.2) is 5.43 Å². The number of amides is 2. The van der Waals surface area contributed by atoms with Crippen LogP contribution in [0.5, 0.6) is 5.75 Å². The Balaban J connectivity index is 1.55. The summed E-state index contributed by atoms with van der Waals surface area (Å²) >= 11 is 17.8. The van der Waals surface area contributed by atoms with Gasteiger partial charge in [-0.05, 0) is 43.5 Å². The Hall–Kier alpha value is -2.28. The summed E-state index contributed by atoms with van der Waals surface area (Å²) in [7, 11) is 0. The van der Waals surface area contributed by atoms with Crippen LogP contribution in [0.25, 0.3) is 0 Å². The predicted octanol–water partition coefficient (Wildman–Crippen LogP) is 4.91. The first kappa shape index (κ1) is 21.4. The Kier molecular flexibility index (Phi) is 7.00. The molecular formula is C20H18Cl3N3O3. The molecule has 0 unspecified atom stereocenters. The zero-order valence-corrected chi connectivity index (χ0v) is 17.7. The second-order valence-electron chi connectivity index (χ2n) is 6.56. The lowest BCUT2D eigenvalue weighted by molar-refractivity contribution is -0.123. The molecule has 3 rings (SSSR count). The first-order valence-corrected chi connectivity index (χ1v) is 9.98. The topological polar surface area (TPSA) is 79.8 Å². The maximum absolute atomic E-state index is 12.0. The number of hydrazone groups is 1. The average Bonchev–Trinajstić information content (AvgIpc) is 3.53. The van der Waals surface area contributed by atoms with Crippen molar-refractivity contribution in [2.75, 3.05) is 11.9 Å². The van der Waals surface area contributed by atoms with Crippen molar-refractivity contribution in [3.63, 3.8) is 0 Å². The number of ether oxygens (including phenoxy) is 1. The van der Waals surface area contributed by atoms with Crippen LogP contribution in [-0.2, 0) is 9.59 Å². The third kappa shape index (κ3) is 6.10. The Morgan fingerprint density at radius 1 is 1.10 bits per heavy atom. The van der Waals surface area contributed by atoms with E-state index in [1.54, 1.807) is 13.0 Å². The van der Waals surface area contributed by atoms with Crippen molar-refractivity contribution in [2.45, 2.75) is 19.8 Å². The molecule has 2 aromatic carbocycles. The highest BCUT2D eigenvalue weighted by Crippen LogP contribution is 2.33. The molecular weight excluding hydrogens is 437 g/mol. The van der Waals surface area contributed by atoms with E-state index < -0.39 is 5.91 Å². The number of halogens is 3. The van der Waals surface area contributed by atoms with Crippen molar-refractivity contribution in [1.29, 1.82) is 0 Å². The summed E-state index contributed by atoms with van der Waals surface area (Å²) < 4.78 is 5.36. The SMILES string of the molecule is C/C(=N/NC(=O)COc1cc(Cl)c(Cl)cc1Cl)c1cccc(NC(=O)C2CC2)c1. The fraction of sp³-hybridized carbons (Fsp3) is 0.250. The molecule has 0 heterocycles. The highest BCUT2D eigenvalue weighted by molar-refractivity contribution is 6.43. The quantitative estimate of drug-likeness (QED) is 0.354. The minimum atomic E-state index is -0.468. The number of nitrogens with zero attached hydrogens (tertiary/aromatic N) is 1. The van der Waals surface area contributed by atoms with Crippen LogP contribution in [-0.4, -0.2) is 24.1 Å². The summed E-state index contributed by atoms with van der Waals surface area (Å²) in [5.74, 6) is -0.0689. The molecule has 6 nitrogen and oxygen atoms in total. The molecule has 152 valence electrons. The van der Waals surface area contributed by atoms with Crippen LogP contribution in [0.3, 0.4) is 0 Å². The zero-order valence-electron chi connectivity index (χ0n) is 15.5. The Morgan fingerprint density at radius 3 is 2.55 bits per heavy atom. The molecule has 1 aliphatic carbocycles. The summed E-state index contributed by atoms with van der Waals surface area (Å²) in [5, 5.41) is 7.77. The maximum atomic E-state index is 12.0. The standard InChI is InChI=1S/C20H18Cl3N3O3/c1-11(13-3-2-4-14(7-13)24-20(28)12-5-6-12)25-26-19(27)10-29-18-9-16(22)15(21)8-17(18)23/h2-4,7-9,12H,5-6,10H2,1H3,(H,24,28)(H,26,27)/b25-11-. The number of benzene rings is 2. The van der Waals surface area contributed by atoms with E-state index in [2.05, 4.69) is 15.8 Å². The van der Waals surface area contributed by atoms with Gasteiger partial charge in [0.25, 0.3) is 5.91 Å². The maximum Gasteiger partial charge on any atom is 0.277 e. The third-order valence-corrected chi connectivity index (χ3v) is 5.20. The van der Waals surface area contributed by atoms with Gasteiger partial charge in [0, 0.05) is 17.7 Å². The van der Waals surface area contributed by atoms with E-state index in [0.29, 0.717) is 16.4 Å². The zero-order chi connectivity index (χ0) is 21.0. The van der Waals surface area contributed by atoms with Crippen molar-refractivity contribution in [3.05, 3.63) is 57.0 Å². The first-order chi connectivity index (χ1) is 13.8. The van der Waals surface area contributed by atoms with Crippen LogP contribution >= 0.6 is 34.8 Å². The van der Waals surface area contributed by atoms with Gasteiger partial charge in [-0.3, -0.25) is 9.59 Å². The second kappa shape index (κ2) is 9.48. The van der Waals surface area contributed by atoms with Crippen LogP contribution in [0.15, 0.2) is 41.5 Å². The smallest absolute Gasteiger partial charge is 0.277 e. The van der Waals surface area contributed by atoms with Crippen LogP contribution in [0.4, 0.5) is 5.69 Å². The fourth-order valence-electron chi connectivity index (χ4n) is 2.41. The van der Waals surface area contributed by atoms with E-state index in [4.69, 9.17) is 39.5 Å². The molecule has 2 aromatic rings. The van der Waals surface area contributed by atoms with Gasteiger partial charge in [-0.1, -0.05) is 46.9 Å². The minimum absolute atomic E-state index is 0.0307. The average molecular weight is 455 g/mol. The second-order valence-corrected chi connectivity index (χ2v) is 7.78. The molecule has 0 saturated heterocycles. The molecule has 0 aliphatic heterocycles. The summed E-state index contributed by atoms with van der Waals surface area (Å²) in [6.07, 6.45) is 1.88. The van der Waals surface area contributed by atoms with Gasteiger partial charge in [0.15, 0.2) is 6.61 Å². The van der Waals surface area contributed by atoms with E-state index >= 15 is 0 Å². The molecule has 1 saturated carbocycles. The molecule has 2 amide bonds. The highest BCUT2D eigenvalue weighted by atomic mass is 35.5. The normalized spacial score (nSPS) is 13.7. The van der Waals surface area contributed by atoms with E-state index in [-0.39, 0.29) is 34.2 Å². The Morgan fingerprint density at radius 2 is 1.83 bits per heavy atom. The lowest BCUT2D eigenvalue weighted by Crippen LogP contribution is -2.25. The number of hydrogen-bond acceptors (Lipinski definition) is 4. The molecule has 0 radical (unpaired) electrons. The lowest BCUT2D eigenvalue weighted by atomic mass is 10.1. The molecule has 0 bridgehead atoms. The van der Waals surface area contributed by atoms with Gasteiger partial charge in [-0.2, -0.15) is 5.10 Å². The van der Waals surface area contributed by atoms with Crippen molar-refractivity contribution in [2.24, 2.45) is 11.0 Å². The number of carbonyl (C=O) groups excluding carboxylic acids is 2. The molecule has 0 atom stereocenters. The Labute approximate surface area is 183 Å². The fourth-order valence-corrected chi connectivity index (χ4v) is 3.00. The number of carbonyl (C=O) groups is 2. The number of anilines is 1. The van der Waals surface area contributed by atoms with Crippen LogP contribution in [0.1, 0.15) is 25.3 Å². The first-order valence-electron chi connectivity index (χ1n) is 8.85. The summed E-state index contributed by atoms with van der Waals surface area (Å²) in [6, 6.07) is 10.1. The monoisotopic (exact) mass is 453 g/mol. The molecule has 29 heavy (non-hydrogen) atoms. The summed E-state index contributed by atoms with van der Waals surface area (Å²) in [5.41, 5.74) is 4.46. The largest absolute Gasteiger partial charge is 0.482 e. The van der Waals surface area contributed by atoms with E-state index in [1.807, 2.05) is 18.2 Å². The van der Waals surface area contributed by atoms with Crippen molar-refractivity contribution in [1.82, 2.24) is 5.43 Å². The number of nitrogens with one attached hydrogen (secondary N) is 2. The van der Waals surface area contributed by atoms with Crippen molar-refractivity contribution < 1.29 is 14.3 Å². The molecule has 1 aliphatic rings. The van der Waals surface area contributed by atoms with E-state index in [9.17, 15) is 9.59 Å². The molecule has 0 spiro atoms. The molecule has 1 fully saturated rings. The van der Waals surface area contributed by atoms with Gasteiger partial charge in [0.1, 0.15) is 5.75 Å². The predicted molar refractivity (Wildman–Crippen MR) is 115 cm³/mol. The number of hydrogen-bond donors (Lipinski definition) is 2. The highest BCUT2D eigenvalue weighted by Gasteiger charge is 2.29. The van der Waals surface area contributed by atoms with Gasteiger partial charge in [-0.15, -0.1) is 0 Å². The third-order valence-electron chi connectivity index (χ3n) is 4.18. The van der Waals surface area contributed by atoms with Gasteiger partial charge < -0.3 is 10.1 Å². The van der Waals surface area contributed by atoms with E-state index in [0.717, 1.165) is 18.4 Å². The van der Waals surface area contributed by atoms with Crippen LogP contribution in [0.2, 0.25) is 15.1 Å². The molecule has 0 aromatic heterocycles. The van der Waals surface area contributed by atoms with Gasteiger partial charge in [0.05, 0.1) is 20.8 Å². The van der Waals surface area contributed by atoms with Crippen molar-refractivity contribution in [3.8, 4) is 5.75 Å². The van der Waals surface area contributed by atoms with Crippen LogP contribution < -0.4 is 15.5 Å². The summed E-state index contributed by atoms with van der Waals surface area (Å²) in [6.45, 7) is 1.45. The number of rotatable bonds is 7. The molecule has 9 heteroatoms. The Bertz CT molecular complexity index is 975. The summed E-state index contributed by atoms with van der Waals surface area (Å²) in [4.78, 5) is 23.9.